The molecule has 1 aromatic heterocycles. The maximum Gasteiger partial charge on any atom is 0.306 e. The first kappa shape index (κ1) is 104. The minimum Gasteiger partial charge on any atom is -0.492 e. The Bertz CT molecular complexity index is 6270. The zero-order chi connectivity index (χ0) is 97.1. The Balaban J connectivity index is 0.000000201. The van der Waals surface area contributed by atoms with Crippen LogP contribution < -0.4 is 52.6 Å². The van der Waals surface area contributed by atoms with E-state index < -0.39 is 95.4 Å². The molecule has 0 aliphatic carbocycles. The number of rotatable bonds is 29. The van der Waals surface area contributed by atoms with Gasteiger partial charge in [-0.3, -0.25) is 69.2 Å². The van der Waals surface area contributed by atoms with Gasteiger partial charge in [0.15, 0.2) is 0 Å². The van der Waals surface area contributed by atoms with Gasteiger partial charge in [0.25, 0.3) is 23.6 Å². The van der Waals surface area contributed by atoms with Crippen molar-refractivity contribution < 1.29 is 57.4 Å². The monoisotopic (exact) mass is 1980 g/mol. The third-order valence-corrected chi connectivity index (χ3v) is 21.7. The van der Waals surface area contributed by atoms with Crippen molar-refractivity contribution in [2.24, 2.45) is 0 Å². The zero-order valence-electron chi connectivity index (χ0n) is 71.6. The molecule has 0 saturated heterocycles. The highest BCUT2D eigenvalue weighted by molar-refractivity contribution is 6.42. The van der Waals surface area contributed by atoms with E-state index in [0.717, 1.165) is 0 Å². The highest BCUT2D eigenvalue weighted by Crippen LogP contribution is 2.33. The van der Waals surface area contributed by atoms with Crippen molar-refractivity contribution >= 4 is 181 Å². The number of ether oxygens (including phenoxy) is 2. The van der Waals surface area contributed by atoms with E-state index in [2.05, 4.69) is 52.8 Å². The molecule has 0 aliphatic heterocycles. The second-order valence-corrected chi connectivity index (χ2v) is 32.8. The molecule has 0 aliphatic rings. The Morgan fingerprint density at radius 2 is 0.731 bits per heavy atom. The smallest absolute Gasteiger partial charge is 0.306 e. The lowest BCUT2D eigenvalue weighted by atomic mass is 9.93. The maximum atomic E-state index is 13.5. The molecule has 11 aromatic carbocycles. The summed E-state index contributed by atoms with van der Waals surface area (Å²) in [6.07, 6.45) is 1.27. The molecule has 134 heavy (non-hydrogen) atoms. The lowest BCUT2D eigenvalue weighted by Gasteiger charge is -2.24. The Morgan fingerprint density at radius 1 is 0.351 bits per heavy atom. The lowest BCUT2D eigenvalue weighted by Crippen LogP contribution is -2.46. The Hall–Kier alpha value is -13.8. The van der Waals surface area contributed by atoms with Gasteiger partial charge in [-0.2, -0.15) is 5.26 Å². The quantitative estimate of drug-likeness (QED) is 0.0118. The van der Waals surface area contributed by atoms with E-state index >= 15 is 0 Å². The first-order chi connectivity index (χ1) is 64.2. The fraction of sp³-hybridized carbons (Fsp3) is 0.141. The molecule has 0 radical (unpaired) electrons. The van der Waals surface area contributed by atoms with Crippen molar-refractivity contribution in [3.8, 4) is 11.8 Å². The summed E-state index contributed by atoms with van der Waals surface area (Å²) in [6, 6.07) is 73.8. The average Bonchev–Trinajstić information content (AvgIpc) is 0.811. The molecule has 26 nitrogen and oxygen atoms in total. The van der Waals surface area contributed by atoms with Crippen LogP contribution in [0.5, 0.6) is 5.75 Å². The second kappa shape index (κ2) is 51.8. The molecule has 7 atom stereocenters. The van der Waals surface area contributed by atoms with Crippen LogP contribution in [0.1, 0.15) is 154 Å². The number of halogens is 9. The van der Waals surface area contributed by atoms with Gasteiger partial charge in [-0.1, -0.05) is 274 Å². The van der Waals surface area contributed by atoms with Crippen molar-refractivity contribution in [2.75, 3.05) is 13.2 Å². The summed E-state index contributed by atoms with van der Waals surface area (Å²) in [5.74, 6) is -6.43. The summed E-state index contributed by atoms with van der Waals surface area (Å²) >= 11 is 54.6. The van der Waals surface area contributed by atoms with Gasteiger partial charge in [0, 0.05) is 72.4 Å². The highest BCUT2D eigenvalue weighted by Gasteiger charge is 2.35. The van der Waals surface area contributed by atoms with Crippen LogP contribution in [0.3, 0.4) is 0 Å². The van der Waals surface area contributed by atoms with E-state index in [9.17, 15) is 53.2 Å². The molecule has 12 N–H and O–H groups in total. The van der Waals surface area contributed by atoms with E-state index in [1.807, 2.05) is 13.0 Å². The van der Waals surface area contributed by atoms with Gasteiger partial charge in [0.1, 0.15) is 59.5 Å². The summed E-state index contributed by atoms with van der Waals surface area (Å²) in [5, 5.41) is 61.6. The van der Waals surface area contributed by atoms with E-state index in [1.54, 1.807) is 286 Å². The number of amidine groups is 3. The number of hydrogen-bond donors (Lipinski definition) is 12. The van der Waals surface area contributed by atoms with E-state index in [1.165, 1.54) is 26.1 Å². The number of aromatic nitrogens is 1. The first-order valence-corrected chi connectivity index (χ1v) is 44.1. The fourth-order valence-electron chi connectivity index (χ4n) is 12.9. The van der Waals surface area contributed by atoms with Crippen LogP contribution in [0.2, 0.25) is 45.2 Å². The average molecular weight is 1980 g/mol. The van der Waals surface area contributed by atoms with Gasteiger partial charge in [-0.05, 0) is 168 Å². The number of nitrogens with zero attached hydrogens (tertiary/aromatic N) is 2. The number of nitriles is 1. The predicted octanol–water partition coefficient (Wildman–Crippen LogP) is 19.2. The predicted molar refractivity (Wildman–Crippen MR) is 520 cm³/mol. The molecular weight excluding hydrogens is 1900 g/mol. The molecule has 12 rings (SSSR count). The van der Waals surface area contributed by atoms with Crippen LogP contribution in [0.25, 0.3) is 0 Å². The molecule has 686 valence electrons. The largest absolute Gasteiger partial charge is 0.492 e. The number of benzene rings is 11. The summed E-state index contributed by atoms with van der Waals surface area (Å²) in [7, 11) is 0. The van der Waals surface area contributed by atoms with Gasteiger partial charge in [0.2, 0.25) is 29.5 Å². The Kier molecular flexibility index (Phi) is 40.2. The number of pyridine rings is 1. The van der Waals surface area contributed by atoms with Gasteiger partial charge >= 0.3 is 5.97 Å². The van der Waals surface area contributed by atoms with Crippen LogP contribution in [0.4, 0.5) is 0 Å². The number of amides is 9. The standard InChI is InChI=1S/C27H25Cl2N3O4.2C25H22Cl2N4O3.C22H16Cl3N3O2/c1-2-36-23(33)16-22(17-11-13-20(28)14-12-17)26(34)31-24(19-9-6-10-21(29)15-19)27(35)32-25(30)18-7-4-3-5-8-18;1-15(32)29-21(17-9-5-11-19(26)13-17)24(33)30-22(18-10-6-12-20(27)14-18)25(34)31-23(28)16-7-3-2-4-8-16;1-15(32)29-21(16-10-12-19(26)13-11-16)24(33)30-22(18-8-5-9-20(27)14-18)25(34)31-23(28)17-6-3-2-4-7-17;1-2-30-20-8-4-14(9-15(20)11-26)22(29)28-21(19-7-5-16(23)12-27-19)13-3-6-17(24)18(25)10-13/h3-15,22,24H,2,16H2,1H3,(H,31,34)(H2,30,32,35);2*2-14,21-22H,1H3,(H,29,32)(H,30,33)(H2,28,31,34);3-10,12,21H,2H2,1H3,(H,28,29)/t;;;21-/m...0/s1. The highest BCUT2D eigenvalue weighted by atomic mass is 35.5. The molecule has 0 fully saturated rings. The summed E-state index contributed by atoms with van der Waals surface area (Å²) in [4.78, 5) is 133. The molecule has 6 unspecified atom stereocenters. The fourth-order valence-corrected chi connectivity index (χ4v) is 14.4. The van der Waals surface area contributed by atoms with Gasteiger partial charge in [-0.25, -0.2) is 0 Å². The molecule has 0 spiro atoms. The van der Waals surface area contributed by atoms with Crippen LogP contribution in [-0.2, 0) is 47.9 Å². The molecular formula is C99H85Cl9N14O12. The summed E-state index contributed by atoms with van der Waals surface area (Å²) in [6.45, 7) is 6.66. The third-order valence-electron chi connectivity index (χ3n) is 19.3. The van der Waals surface area contributed by atoms with E-state index in [-0.39, 0.29) is 42.0 Å². The summed E-state index contributed by atoms with van der Waals surface area (Å²) < 4.78 is 10.5. The normalized spacial score (nSPS) is 12.0. The molecule has 0 saturated carbocycles. The second-order valence-electron chi connectivity index (χ2n) is 28.9. The van der Waals surface area contributed by atoms with Crippen molar-refractivity contribution in [3.05, 3.63) is 409 Å². The molecule has 0 bridgehead atoms. The molecule has 9 amide bonds. The van der Waals surface area contributed by atoms with Crippen LogP contribution in [-0.4, -0.2) is 94.8 Å². The van der Waals surface area contributed by atoms with Crippen LogP contribution in [0, 0.1) is 27.6 Å². The van der Waals surface area contributed by atoms with E-state index in [0.29, 0.717) is 124 Å². The Labute approximate surface area is 816 Å². The molecule has 1 heterocycles. The number of esters is 1. The summed E-state index contributed by atoms with van der Waals surface area (Å²) in [5.41, 5.74) is 6.07. The van der Waals surface area contributed by atoms with Crippen LogP contribution in [0.15, 0.2) is 291 Å². The molecule has 12 aromatic rings. The van der Waals surface area contributed by atoms with Crippen LogP contribution >= 0.6 is 104 Å². The minimum atomic E-state index is -1.19. The lowest BCUT2D eigenvalue weighted by molar-refractivity contribution is -0.145. The minimum absolute atomic E-state index is 0.122. The third kappa shape index (κ3) is 31.7. The Morgan fingerprint density at radius 3 is 1.10 bits per heavy atom. The van der Waals surface area contributed by atoms with E-state index in [4.69, 9.17) is 130 Å². The van der Waals surface area contributed by atoms with Gasteiger partial charge < -0.3 is 57.3 Å². The topological polar surface area (TPSA) is 406 Å². The number of carbonyl (C=O) groups is 10. The van der Waals surface area contributed by atoms with Crippen molar-refractivity contribution in [2.45, 2.75) is 76.3 Å². The first-order valence-electron chi connectivity index (χ1n) is 40.7. The van der Waals surface area contributed by atoms with Crippen molar-refractivity contribution in [1.82, 2.24) is 52.8 Å². The van der Waals surface area contributed by atoms with Gasteiger partial charge in [0.05, 0.1) is 57.9 Å². The number of nitrogens with one attached hydrogen (secondary N) is 12. The number of carbonyl (C=O) groups excluding carboxylic acids is 10. The molecule has 35 heteroatoms. The SMILES string of the molecule is CC(=O)NC(C(=O)NC(C(=O)NC(=N)c1ccccc1)c1cccc(Cl)c1)c1ccc(Cl)cc1.CC(=O)NC(C(=O)NC(C(=O)NC(=N)c1ccccc1)c1cccc(Cl)c1)c1cccc(Cl)c1.CCOC(=O)CC(C(=O)NC(C(=O)NC(=N)c1ccccc1)c1cccc(Cl)c1)c1ccc(Cl)cc1.CCOc1ccc(C(=O)N[C@@H](c2ccc(Cl)c(Cl)c2)c2ccc(Cl)cn2)cc1C#N. The van der Waals surface area contributed by atoms with Crippen molar-refractivity contribution in [3.63, 3.8) is 0 Å². The van der Waals surface area contributed by atoms with Gasteiger partial charge in [-0.15, -0.1) is 0 Å². The maximum absolute atomic E-state index is 13.5. The number of hydrogen-bond acceptors (Lipinski definition) is 17. The van der Waals surface area contributed by atoms with Crippen molar-refractivity contribution in [1.29, 1.82) is 21.5 Å². The zero-order valence-corrected chi connectivity index (χ0v) is 78.4.